The summed E-state index contributed by atoms with van der Waals surface area (Å²) in [6.45, 7) is 3.45. The van der Waals surface area contributed by atoms with E-state index in [0.29, 0.717) is 34.1 Å². The van der Waals surface area contributed by atoms with Gasteiger partial charge in [0.25, 0.3) is 11.5 Å². The zero-order chi connectivity index (χ0) is 22.2. The lowest BCUT2D eigenvalue weighted by Gasteiger charge is -2.10. The van der Waals surface area contributed by atoms with Crippen molar-refractivity contribution < 1.29 is 9.21 Å². The second kappa shape index (κ2) is 7.66. The molecule has 0 aliphatic rings. The van der Waals surface area contributed by atoms with Gasteiger partial charge in [0.05, 0.1) is 6.26 Å². The number of H-pyrrole nitrogens is 1. The number of furan rings is 1. The number of nitrogens with one attached hydrogen (secondary N) is 2. The van der Waals surface area contributed by atoms with Crippen molar-refractivity contribution in [3.63, 3.8) is 0 Å². The Kier molecular flexibility index (Phi) is 4.67. The van der Waals surface area contributed by atoms with Crippen LogP contribution in [0, 0.1) is 13.8 Å². The molecule has 8 nitrogen and oxygen atoms in total. The number of benzene rings is 2. The molecule has 3 heterocycles. The second-order valence-electron chi connectivity index (χ2n) is 7.38. The molecule has 2 N–H and O–H groups in total. The fourth-order valence-corrected chi connectivity index (χ4v) is 3.51. The van der Waals surface area contributed by atoms with Crippen LogP contribution in [0.4, 0.5) is 5.82 Å². The minimum absolute atomic E-state index is 0.198. The molecular formula is C24H19N5O3. The Balaban J connectivity index is 1.61. The third-order valence-corrected chi connectivity index (χ3v) is 5.34. The molecule has 5 rings (SSSR count). The van der Waals surface area contributed by atoms with Gasteiger partial charge in [0, 0.05) is 22.9 Å². The number of aromatic amines is 1. The summed E-state index contributed by atoms with van der Waals surface area (Å²) in [5.41, 5.74) is 1.84. The summed E-state index contributed by atoms with van der Waals surface area (Å²) in [6, 6.07) is 18.4. The normalized spacial score (nSPS) is 11.1. The number of carbonyl (C=O) groups excluding carboxylic acids is 1. The molecular weight excluding hydrogens is 406 g/mol. The maximum Gasteiger partial charge on any atom is 0.257 e. The fourth-order valence-electron chi connectivity index (χ4n) is 3.51. The summed E-state index contributed by atoms with van der Waals surface area (Å²) in [6.07, 6.45) is 1.54. The van der Waals surface area contributed by atoms with E-state index in [-0.39, 0.29) is 17.4 Å². The Morgan fingerprint density at radius 3 is 2.66 bits per heavy atom. The highest BCUT2D eigenvalue weighted by Crippen LogP contribution is 2.25. The quantitative estimate of drug-likeness (QED) is 0.448. The van der Waals surface area contributed by atoms with E-state index in [2.05, 4.69) is 20.4 Å². The van der Waals surface area contributed by atoms with Crippen LogP contribution < -0.4 is 10.9 Å². The van der Waals surface area contributed by atoms with E-state index in [1.807, 2.05) is 36.4 Å². The summed E-state index contributed by atoms with van der Waals surface area (Å²) in [5, 5.41) is 9.23. The Hall–Kier alpha value is -4.46. The van der Waals surface area contributed by atoms with E-state index in [1.54, 1.807) is 44.4 Å². The van der Waals surface area contributed by atoms with Crippen LogP contribution in [-0.4, -0.2) is 25.7 Å². The fraction of sp³-hybridized carbons (Fsp3) is 0.0833. The van der Waals surface area contributed by atoms with Crippen molar-refractivity contribution in [2.75, 3.05) is 5.32 Å². The average molecular weight is 425 g/mol. The van der Waals surface area contributed by atoms with E-state index < -0.39 is 0 Å². The van der Waals surface area contributed by atoms with Crippen molar-refractivity contribution in [3.8, 4) is 17.4 Å². The first-order valence-electron chi connectivity index (χ1n) is 10.0. The highest BCUT2D eigenvalue weighted by atomic mass is 16.3. The standard InChI is InChI=1S/C24H19N5O3/c1-14-15(2)25-24(27-22(14)30)29-21(13-19(28-29)20-11-6-12-32-20)26-23(31)18-10-5-8-16-7-3-4-9-17(16)18/h3-13H,1-2H3,(H,26,31)(H,25,27,30). The maximum atomic E-state index is 13.2. The van der Waals surface area contributed by atoms with Gasteiger partial charge in [-0.1, -0.05) is 36.4 Å². The van der Waals surface area contributed by atoms with E-state index in [0.717, 1.165) is 10.8 Å². The molecule has 32 heavy (non-hydrogen) atoms. The van der Waals surface area contributed by atoms with Gasteiger partial charge in [-0.2, -0.15) is 9.78 Å². The van der Waals surface area contributed by atoms with Gasteiger partial charge in [0.2, 0.25) is 5.95 Å². The molecule has 0 spiro atoms. The average Bonchev–Trinajstić information content (AvgIpc) is 3.47. The number of rotatable bonds is 4. The first-order valence-corrected chi connectivity index (χ1v) is 10.0. The van der Waals surface area contributed by atoms with Crippen LogP contribution in [0.1, 0.15) is 21.6 Å². The number of aromatic nitrogens is 4. The molecule has 0 saturated carbocycles. The van der Waals surface area contributed by atoms with Crippen molar-refractivity contribution in [2.24, 2.45) is 0 Å². The molecule has 0 unspecified atom stereocenters. The SMILES string of the molecule is Cc1nc(-n2nc(-c3ccco3)cc2NC(=O)c2cccc3ccccc23)[nH]c(=O)c1C. The molecule has 8 heteroatoms. The van der Waals surface area contributed by atoms with Crippen molar-refractivity contribution in [2.45, 2.75) is 13.8 Å². The molecule has 1 amide bonds. The van der Waals surface area contributed by atoms with Crippen molar-refractivity contribution >= 4 is 22.5 Å². The van der Waals surface area contributed by atoms with Gasteiger partial charge in [-0.25, -0.2) is 4.98 Å². The van der Waals surface area contributed by atoms with Gasteiger partial charge < -0.3 is 9.73 Å². The first kappa shape index (κ1) is 19.5. The molecule has 2 aromatic carbocycles. The summed E-state index contributed by atoms with van der Waals surface area (Å²) in [7, 11) is 0. The minimum Gasteiger partial charge on any atom is -0.463 e. The van der Waals surface area contributed by atoms with Crippen LogP contribution in [0.15, 0.2) is 76.1 Å². The first-order chi connectivity index (χ1) is 15.5. The van der Waals surface area contributed by atoms with Crippen LogP contribution in [0.3, 0.4) is 0 Å². The topological polar surface area (TPSA) is 106 Å². The van der Waals surface area contributed by atoms with Gasteiger partial charge in [-0.3, -0.25) is 14.6 Å². The third kappa shape index (κ3) is 3.37. The smallest absolute Gasteiger partial charge is 0.257 e. The van der Waals surface area contributed by atoms with Gasteiger partial charge in [0.15, 0.2) is 5.76 Å². The predicted molar refractivity (Wildman–Crippen MR) is 121 cm³/mol. The van der Waals surface area contributed by atoms with Crippen LogP contribution in [0.5, 0.6) is 0 Å². The second-order valence-corrected chi connectivity index (χ2v) is 7.38. The van der Waals surface area contributed by atoms with E-state index in [4.69, 9.17) is 4.42 Å². The number of nitrogens with zero attached hydrogens (tertiary/aromatic N) is 3. The lowest BCUT2D eigenvalue weighted by atomic mass is 10.0. The Labute approximate surface area is 182 Å². The molecule has 0 aliphatic heterocycles. The van der Waals surface area contributed by atoms with E-state index in [9.17, 15) is 9.59 Å². The van der Waals surface area contributed by atoms with Crippen LogP contribution in [0.2, 0.25) is 0 Å². The zero-order valence-electron chi connectivity index (χ0n) is 17.4. The molecule has 158 valence electrons. The molecule has 0 atom stereocenters. The third-order valence-electron chi connectivity index (χ3n) is 5.34. The van der Waals surface area contributed by atoms with E-state index >= 15 is 0 Å². The molecule has 0 aliphatic carbocycles. The summed E-state index contributed by atoms with van der Waals surface area (Å²) in [4.78, 5) is 32.7. The number of hydrogen-bond acceptors (Lipinski definition) is 5. The lowest BCUT2D eigenvalue weighted by Crippen LogP contribution is -2.21. The number of hydrogen-bond donors (Lipinski definition) is 2. The zero-order valence-corrected chi connectivity index (χ0v) is 17.4. The summed E-state index contributed by atoms with van der Waals surface area (Å²) in [5.74, 6) is 0.764. The highest BCUT2D eigenvalue weighted by Gasteiger charge is 2.19. The molecule has 3 aromatic heterocycles. The number of anilines is 1. The van der Waals surface area contributed by atoms with Crippen molar-refractivity contribution in [1.82, 2.24) is 19.7 Å². The molecule has 0 saturated heterocycles. The van der Waals surface area contributed by atoms with Crippen LogP contribution in [-0.2, 0) is 0 Å². The van der Waals surface area contributed by atoms with Crippen molar-refractivity contribution in [3.05, 3.63) is 94.1 Å². The van der Waals surface area contributed by atoms with Gasteiger partial charge in [0.1, 0.15) is 11.5 Å². The lowest BCUT2D eigenvalue weighted by molar-refractivity contribution is 0.102. The molecule has 5 aromatic rings. The molecule has 0 fully saturated rings. The highest BCUT2D eigenvalue weighted by molar-refractivity contribution is 6.12. The van der Waals surface area contributed by atoms with Crippen LogP contribution >= 0.6 is 0 Å². The van der Waals surface area contributed by atoms with Crippen molar-refractivity contribution in [1.29, 1.82) is 0 Å². The number of amides is 1. The minimum atomic E-state index is -0.305. The molecule has 0 radical (unpaired) electrons. The predicted octanol–water partition coefficient (Wildman–Crippen LogP) is 4.24. The Morgan fingerprint density at radius 1 is 1.06 bits per heavy atom. The van der Waals surface area contributed by atoms with Gasteiger partial charge in [-0.05, 0) is 42.8 Å². The Morgan fingerprint density at radius 2 is 1.88 bits per heavy atom. The summed E-state index contributed by atoms with van der Waals surface area (Å²) >= 11 is 0. The number of carbonyl (C=O) groups is 1. The van der Waals surface area contributed by atoms with Gasteiger partial charge >= 0.3 is 0 Å². The van der Waals surface area contributed by atoms with Gasteiger partial charge in [-0.15, -0.1) is 0 Å². The monoisotopic (exact) mass is 425 g/mol. The number of aryl methyl sites for hydroxylation is 1. The number of fused-ring (bicyclic) bond motifs is 1. The van der Waals surface area contributed by atoms with E-state index in [1.165, 1.54) is 4.68 Å². The summed E-state index contributed by atoms with van der Waals surface area (Å²) < 4.78 is 6.85. The maximum absolute atomic E-state index is 13.2. The molecule has 0 bridgehead atoms. The van der Waals surface area contributed by atoms with Crippen LogP contribution in [0.25, 0.3) is 28.2 Å². The largest absolute Gasteiger partial charge is 0.463 e. The Bertz CT molecular complexity index is 1510.